The van der Waals surface area contributed by atoms with Gasteiger partial charge in [-0.3, -0.25) is 0 Å². The van der Waals surface area contributed by atoms with Gasteiger partial charge in [0.05, 0.1) is 13.7 Å². The zero-order valence-corrected chi connectivity index (χ0v) is 10.7. The Morgan fingerprint density at radius 2 is 2.18 bits per heavy atom. The molecule has 2 saturated heterocycles. The zero-order chi connectivity index (χ0) is 12.0. The van der Waals surface area contributed by atoms with Crippen LogP contribution in [0.25, 0.3) is 0 Å². The van der Waals surface area contributed by atoms with Crippen molar-refractivity contribution in [2.75, 3.05) is 20.3 Å². The van der Waals surface area contributed by atoms with Gasteiger partial charge in [-0.25, -0.2) is 0 Å². The van der Waals surface area contributed by atoms with Crippen LogP contribution in [0, 0.1) is 13.8 Å². The van der Waals surface area contributed by atoms with Gasteiger partial charge in [-0.15, -0.1) is 0 Å². The molecule has 2 unspecified atom stereocenters. The van der Waals surface area contributed by atoms with Gasteiger partial charge in [0.15, 0.2) is 0 Å². The molecule has 2 heterocycles. The molecule has 3 rings (SSSR count). The molecule has 3 nitrogen and oxygen atoms in total. The van der Waals surface area contributed by atoms with Gasteiger partial charge in [-0.05, 0) is 49.1 Å². The minimum Gasteiger partial charge on any atom is -0.496 e. The minimum atomic E-state index is -0.0915. The normalized spacial score (nSPS) is 30.9. The SMILES string of the molecule is COc1cc(C)c(C23CNC(CO2)C3)cc1C. The molecule has 1 aromatic carbocycles. The molecule has 0 aliphatic carbocycles. The first-order chi connectivity index (χ1) is 8.14. The first kappa shape index (κ1) is 11.1. The van der Waals surface area contributed by atoms with Gasteiger partial charge in [0, 0.05) is 12.6 Å². The summed E-state index contributed by atoms with van der Waals surface area (Å²) in [5.41, 5.74) is 3.67. The van der Waals surface area contributed by atoms with E-state index < -0.39 is 0 Å². The Kier molecular flexibility index (Phi) is 2.42. The second kappa shape index (κ2) is 3.72. The Morgan fingerprint density at radius 1 is 1.35 bits per heavy atom. The molecule has 2 atom stereocenters. The molecule has 0 radical (unpaired) electrons. The Hall–Kier alpha value is -1.06. The Morgan fingerprint density at radius 3 is 2.71 bits per heavy atom. The predicted octanol–water partition coefficient (Wildman–Crippen LogP) is 1.90. The van der Waals surface area contributed by atoms with Crippen molar-refractivity contribution in [1.82, 2.24) is 5.32 Å². The van der Waals surface area contributed by atoms with Crippen molar-refractivity contribution in [2.45, 2.75) is 31.9 Å². The highest BCUT2D eigenvalue weighted by Crippen LogP contribution is 2.42. The van der Waals surface area contributed by atoms with E-state index in [1.54, 1.807) is 7.11 Å². The number of hydrogen-bond donors (Lipinski definition) is 1. The van der Waals surface area contributed by atoms with Crippen molar-refractivity contribution in [2.24, 2.45) is 0 Å². The zero-order valence-electron chi connectivity index (χ0n) is 10.7. The van der Waals surface area contributed by atoms with Gasteiger partial charge in [-0.2, -0.15) is 0 Å². The highest BCUT2D eigenvalue weighted by atomic mass is 16.5. The molecular formula is C14H19NO2. The summed E-state index contributed by atoms with van der Waals surface area (Å²) in [5.74, 6) is 0.961. The lowest BCUT2D eigenvalue weighted by atomic mass is 9.88. The standard InChI is InChI=1S/C14H19NO2/c1-9-5-13(16-3)10(2)4-12(9)14-6-11(7-17-14)15-8-14/h4-5,11,15H,6-8H2,1-3H3. The third-order valence-electron chi connectivity index (χ3n) is 4.05. The second-order valence-electron chi connectivity index (χ2n) is 5.22. The number of benzene rings is 1. The highest BCUT2D eigenvalue weighted by Gasteiger charge is 2.48. The maximum absolute atomic E-state index is 6.03. The number of morpholine rings is 1. The van der Waals surface area contributed by atoms with E-state index in [2.05, 4.69) is 31.3 Å². The van der Waals surface area contributed by atoms with Crippen LogP contribution in [0.1, 0.15) is 23.1 Å². The molecular weight excluding hydrogens is 214 g/mol. The van der Waals surface area contributed by atoms with Gasteiger partial charge in [0.25, 0.3) is 0 Å². The second-order valence-corrected chi connectivity index (χ2v) is 5.22. The molecule has 0 amide bonds. The van der Waals surface area contributed by atoms with Crippen LogP contribution in [0.4, 0.5) is 0 Å². The van der Waals surface area contributed by atoms with E-state index in [-0.39, 0.29) is 5.60 Å². The lowest BCUT2D eigenvalue weighted by Gasteiger charge is -2.29. The smallest absolute Gasteiger partial charge is 0.122 e. The summed E-state index contributed by atoms with van der Waals surface area (Å²) >= 11 is 0. The number of methoxy groups -OCH3 is 1. The molecule has 1 aromatic rings. The van der Waals surface area contributed by atoms with Gasteiger partial charge >= 0.3 is 0 Å². The summed E-state index contributed by atoms with van der Waals surface area (Å²) < 4.78 is 11.4. The molecule has 2 aliphatic heterocycles. The quantitative estimate of drug-likeness (QED) is 0.846. The highest BCUT2D eigenvalue weighted by molar-refractivity contribution is 5.45. The topological polar surface area (TPSA) is 30.5 Å². The van der Waals surface area contributed by atoms with E-state index in [1.165, 1.54) is 16.7 Å². The monoisotopic (exact) mass is 233 g/mol. The average molecular weight is 233 g/mol. The van der Waals surface area contributed by atoms with Crippen molar-refractivity contribution >= 4 is 0 Å². The summed E-state index contributed by atoms with van der Waals surface area (Å²) in [6, 6.07) is 4.88. The molecule has 2 bridgehead atoms. The maximum atomic E-state index is 6.03. The predicted molar refractivity (Wildman–Crippen MR) is 66.5 cm³/mol. The van der Waals surface area contributed by atoms with Gasteiger partial charge in [-0.1, -0.05) is 0 Å². The van der Waals surface area contributed by atoms with E-state index in [0.717, 1.165) is 25.3 Å². The summed E-state index contributed by atoms with van der Waals surface area (Å²) in [6.07, 6.45) is 1.10. The molecule has 2 aliphatic rings. The number of nitrogens with one attached hydrogen (secondary N) is 1. The van der Waals surface area contributed by atoms with Crippen LogP contribution in [-0.4, -0.2) is 26.3 Å². The minimum absolute atomic E-state index is 0.0915. The number of hydrogen-bond acceptors (Lipinski definition) is 3. The van der Waals surface area contributed by atoms with Gasteiger partial charge in [0.2, 0.25) is 0 Å². The number of aryl methyl sites for hydroxylation is 2. The first-order valence-electron chi connectivity index (χ1n) is 6.18. The van der Waals surface area contributed by atoms with Gasteiger partial charge in [0.1, 0.15) is 11.4 Å². The molecule has 2 fully saturated rings. The first-order valence-corrected chi connectivity index (χ1v) is 6.18. The largest absolute Gasteiger partial charge is 0.496 e. The molecule has 3 heteroatoms. The summed E-state index contributed by atoms with van der Waals surface area (Å²) in [6.45, 7) is 6.00. The molecule has 92 valence electrons. The maximum Gasteiger partial charge on any atom is 0.122 e. The lowest BCUT2D eigenvalue weighted by molar-refractivity contribution is -0.0101. The fourth-order valence-corrected chi connectivity index (χ4v) is 3.12. The van der Waals surface area contributed by atoms with Crippen LogP contribution in [0.15, 0.2) is 12.1 Å². The van der Waals surface area contributed by atoms with E-state index in [9.17, 15) is 0 Å². The van der Waals surface area contributed by atoms with E-state index in [0.29, 0.717) is 6.04 Å². The van der Waals surface area contributed by atoms with Gasteiger partial charge < -0.3 is 14.8 Å². The number of fused-ring (bicyclic) bond motifs is 2. The van der Waals surface area contributed by atoms with E-state index in [1.807, 2.05) is 0 Å². The summed E-state index contributed by atoms with van der Waals surface area (Å²) in [7, 11) is 1.72. The van der Waals surface area contributed by atoms with Crippen molar-refractivity contribution in [3.8, 4) is 5.75 Å². The van der Waals surface area contributed by atoms with Crippen LogP contribution in [0.3, 0.4) is 0 Å². The van der Waals surface area contributed by atoms with Crippen LogP contribution in [0.5, 0.6) is 5.75 Å². The molecule has 1 N–H and O–H groups in total. The Labute approximate surface area is 102 Å². The fraction of sp³-hybridized carbons (Fsp3) is 0.571. The van der Waals surface area contributed by atoms with Crippen molar-refractivity contribution in [3.63, 3.8) is 0 Å². The number of rotatable bonds is 2. The van der Waals surface area contributed by atoms with Crippen LogP contribution >= 0.6 is 0 Å². The average Bonchev–Trinajstić information content (AvgIpc) is 2.92. The Bertz CT molecular complexity index is 448. The van der Waals surface area contributed by atoms with E-state index in [4.69, 9.17) is 9.47 Å². The van der Waals surface area contributed by atoms with Crippen molar-refractivity contribution < 1.29 is 9.47 Å². The third kappa shape index (κ3) is 1.57. The molecule has 0 aromatic heterocycles. The van der Waals surface area contributed by atoms with Crippen molar-refractivity contribution in [3.05, 3.63) is 28.8 Å². The lowest BCUT2D eigenvalue weighted by Crippen LogP contribution is -2.37. The molecule has 17 heavy (non-hydrogen) atoms. The van der Waals surface area contributed by atoms with Crippen molar-refractivity contribution in [1.29, 1.82) is 0 Å². The van der Waals surface area contributed by atoms with Crippen LogP contribution in [0.2, 0.25) is 0 Å². The van der Waals surface area contributed by atoms with Crippen LogP contribution in [-0.2, 0) is 10.3 Å². The van der Waals surface area contributed by atoms with Crippen LogP contribution < -0.4 is 10.1 Å². The summed E-state index contributed by atoms with van der Waals surface area (Å²) in [5, 5.41) is 3.51. The summed E-state index contributed by atoms with van der Waals surface area (Å²) in [4.78, 5) is 0. The fourth-order valence-electron chi connectivity index (χ4n) is 3.12. The van der Waals surface area contributed by atoms with E-state index >= 15 is 0 Å². The third-order valence-corrected chi connectivity index (χ3v) is 4.05. The molecule has 0 saturated carbocycles. The molecule has 0 spiro atoms. The number of ether oxygens (including phenoxy) is 2. The Balaban J connectivity index is 2.06.